The van der Waals surface area contributed by atoms with Crippen LogP contribution in [-0.4, -0.2) is 31.6 Å². The predicted molar refractivity (Wildman–Crippen MR) is 162 cm³/mol. The van der Waals surface area contributed by atoms with Gasteiger partial charge in [-0.2, -0.15) is 0 Å². The Hall–Kier alpha value is -4.07. The molecule has 1 amide bonds. The van der Waals surface area contributed by atoms with Gasteiger partial charge in [-0.05, 0) is 74.9 Å². The van der Waals surface area contributed by atoms with Crippen LogP contribution in [0.25, 0.3) is 11.1 Å². The minimum Gasteiger partial charge on any atom is -0.496 e. The molecule has 5 rings (SSSR count). The fourth-order valence-electron chi connectivity index (χ4n) is 6.07. The molecule has 0 aromatic heterocycles. The molecule has 1 saturated carbocycles. The molecular formula is C34H39FN2O5. The van der Waals surface area contributed by atoms with Gasteiger partial charge in [-0.1, -0.05) is 31.4 Å². The van der Waals surface area contributed by atoms with Crippen molar-refractivity contribution in [3.05, 3.63) is 65.5 Å². The first-order valence-corrected chi connectivity index (χ1v) is 14.6. The number of hydrogen-bond acceptors (Lipinski definition) is 6. The van der Waals surface area contributed by atoms with Crippen molar-refractivity contribution in [3.8, 4) is 28.4 Å². The summed E-state index contributed by atoms with van der Waals surface area (Å²) in [6, 6.07) is 13.6. The predicted octanol–water partition coefficient (Wildman–Crippen LogP) is 7.43. The van der Waals surface area contributed by atoms with Crippen LogP contribution < -0.4 is 24.4 Å². The van der Waals surface area contributed by atoms with Crippen molar-refractivity contribution in [1.82, 2.24) is 0 Å². The second-order valence-corrected chi connectivity index (χ2v) is 11.8. The highest BCUT2D eigenvalue weighted by atomic mass is 19.1. The molecule has 222 valence electrons. The molecule has 0 bridgehead atoms. The number of amides is 1. The van der Waals surface area contributed by atoms with Crippen LogP contribution in [0.5, 0.6) is 17.2 Å². The zero-order valence-corrected chi connectivity index (χ0v) is 25.0. The van der Waals surface area contributed by atoms with E-state index in [4.69, 9.17) is 14.2 Å². The number of nitrogens with zero attached hydrogens (tertiary/aromatic N) is 1. The quantitative estimate of drug-likeness (QED) is 0.223. The van der Waals surface area contributed by atoms with E-state index in [0.29, 0.717) is 35.3 Å². The molecule has 2 aliphatic rings. The van der Waals surface area contributed by atoms with Gasteiger partial charge in [0.2, 0.25) is 0 Å². The lowest BCUT2D eigenvalue weighted by molar-refractivity contribution is -0.135. The fourth-order valence-corrected chi connectivity index (χ4v) is 6.07. The number of esters is 1. The van der Waals surface area contributed by atoms with Crippen molar-refractivity contribution in [2.24, 2.45) is 5.92 Å². The molecule has 3 aromatic rings. The van der Waals surface area contributed by atoms with E-state index >= 15 is 0 Å². The van der Waals surface area contributed by atoms with Crippen molar-refractivity contribution in [3.63, 3.8) is 0 Å². The maximum Gasteiger partial charge on any atom is 0.311 e. The molecule has 3 aromatic carbocycles. The van der Waals surface area contributed by atoms with E-state index in [1.165, 1.54) is 31.4 Å². The molecule has 0 spiro atoms. The number of anilines is 2. The highest BCUT2D eigenvalue weighted by Crippen LogP contribution is 2.45. The Morgan fingerprint density at radius 3 is 2.50 bits per heavy atom. The Bertz CT molecular complexity index is 1500. The Balaban J connectivity index is 1.51. The summed E-state index contributed by atoms with van der Waals surface area (Å²) in [6.45, 7) is 5.61. The first-order valence-electron chi connectivity index (χ1n) is 14.6. The standard InChI is InChI=1S/C34H39FN2O5/c1-21-11-12-23(35)18-29(21)41-20-27-25(15-16-28-32(27)37(4)33(39)34(2,3)36-28)26-14-13-24(19-30(26)40-5)42-31(38)17-22-9-7-6-8-10-22/h11-16,18-19,22,36H,6-10,17,20H2,1-5H3. The SMILES string of the molecule is COc1cc(OC(=O)CC2CCCCC2)ccc1-c1ccc2c(c1COc1cc(F)ccc1C)N(C)C(=O)C(C)(C)N2. The van der Waals surface area contributed by atoms with Crippen LogP contribution in [0.15, 0.2) is 48.5 Å². The number of nitrogens with one attached hydrogen (secondary N) is 1. The maximum atomic E-state index is 14.1. The lowest BCUT2D eigenvalue weighted by atomic mass is 9.87. The lowest BCUT2D eigenvalue weighted by Gasteiger charge is -2.39. The number of hydrogen-bond donors (Lipinski definition) is 1. The van der Waals surface area contributed by atoms with Crippen LogP contribution in [0.2, 0.25) is 0 Å². The molecular weight excluding hydrogens is 535 g/mol. The van der Waals surface area contributed by atoms with Gasteiger partial charge >= 0.3 is 5.97 Å². The van der Waals surface area contributed by atoms with Gasteiger partial charge < -0.3 is 24.4 Å². The van der Waals surface area contributed by atoms with E-state index in [0.717, 1.165) is 40.8 Å². The lowest BCUT2D eigenvalue weighted by Crippen LogP contribution is -2.52. The van der Waals surface area contributed by atoms with Crippen LogP contribution in [0.3, 0.4) is 0 Å². The summed E-state index contributed by atoms with van der Waals surface area (Å²) in [5, 5.41) is 3.35. The number of aryl methyl sites for hydroxylation is 1. The molecule has 1 heterocycles. The smallest absolute Gasteiger partial charge is 0.311 e. The number of halogens is 1. The summed E-state index contributed by atoms with van der Waals surface area (Å²) in [5.74, 6) is 1.00. The second kappa shape index (κ2) is 12.0. The first kappa shape index (κ1) is 29.4. The van der Waals surface area contributed by atoms with Gasteiger partial charge in [0.05, 0.1) is 18.5 Å². The van der Waals surface area contributed by atoms with Crippen molar-refractivity contribution < 1.29 is 28.2 Å². The normalized spacial score (nSPS) is 16.4. The summed E-state index contributed by atoms with van der Waals surface area (Å²) < 4.78 is 31.7. The highest BCUT2D eigenvalue weighted by Gasteiger charge is 2.38. The molecule has 1 fully saturated rings. The fraction of sp³-hybridized carbons (Fsp3) is 0.412. The number of carbonyl (C=O) groups excluding carboxylic acids is 2. The Morgan fingerprint density at radius 1 is 1.02 bits per heavy atom. The van der Waals surface area contributed by atoms with Gasteiger partial charge in [0.15, 0.2) is 0 Å². The van der Waals surface area contributed by atoms with E-state index in [-0.39, 0.29) is 18.5 Å². The minimum absolute atomic E-state index is 0.0732. The maximum absolute atomic E-state index is 14.1. The third-order valence-corrected chi connectivity index (χ3v) is 8.30. The number of benzene rings is 3. The largest absolute Gasteiger partial charge is 0.496 e. The Morgan fingerprint density at radius 2 is 1.76 bits per heavy atom. The number of rotatable bonds is 8. The molecule has 42 heavy (non-hydrogen) atoms. The first-order chi connectivity index (χ1) is 20.1. The Labute approximate surface area is 247 Å². The molecule has 1 aliphatic carbocycles. The van der Waals surface area contributed by atoms with Crippen molar-refractivity contribution in [2.45, 2.75) is 71.4 Å². The average molecular weight is 575 g/mol. The number of likely N-dealkylation sites (N-methyl/N-ethyl adjacent to an activating group) is 1. The third kappa shape index (κ3) is 6.08. The Kier molecular flexibility index (Phi) is 8.43. The number of ether oxygens (including phenoxy) is 3. The van der Waals surface area contributed by atoms with Crippen LogP contribution >= 0.6 is 0 Å². The van der Waals surface area contributed by atoms with Gasteiger partial charge in [0, 0.05) is 36.7 Å². The van der Waals surface area contributed by atoms with Crippen LogP contribution in [-0.2, 0) is 16.2 Å². The number of methoxy groups -OCH3 is 1. The van der Waals surface area contributed by atoms with Gasteiger partial charge in [0.25, 0.3) is 5.91 Å². The van der Waals surface area contributed by atoms with Crippen molar-refractivity contribution in [2.75, 3.05) is 24.4 Å². The molecule has 8 heteroatoms. The monoisotopic (exact) mass is 574 g/mol. The van der Waals surface area contributed by atoms with Crippen LogP contribution in [0, 0.1) is 18.7 Å². The van der Waals surface area contributed by atoms with Gasteiger partial charge in [-0.3, -0.25) is 9.59 Å². The van der Waals surface area contributed by atoms with E-state index in [1.54, 1.807) is 37.3 Å². The topological polar surface area (TPSA) is 77.1 Å². The van der Waals surface area contributed by atoms with Gasteiger partial charge in [0.1, 0.15) is 35.2 Å². The average Bonchev–Trinajstić information content (AvgIpc) is 2.96. The summed E-state index contributed by atoms with van der Waals surface area (Å²) in [6.07, 6.45) is 6.12. The summed E-state index contributed by atoms with van der Waals surface area (Å²) in [4.78, 5) is 27.6. The van der Waals surface area contributed by atoms with E-state index in [1.807, 2.05) is 39.0 Å². The molecule has 7 nitrogen and oxygen atoms in total. The summed E-state index contributed by atoms with van der Waals surface area (Å²) >= 11 is 0. The summed E-state index contributed by atoms with van der Waals surface area (Å²) in [7, 11) is 3.31. The highest BCUT2D eigenvalue weighted by molar-refractivity contribution is 6.08. The molecule has 1 N–H and O–H groups in total. The van der Waals surface area contributed by atoms with Crippen molar-refractivity contribution >= 4 is 23.3 Å². The second-order valence-electron chi connectivity index (χ2n) is 11.8. The van der Waals surface area contributed by atoms with E-state index in [2.05, 4.69) is 5.32 Å². The molecule has 0 saturated heterocycles. The van der Waals surface area contributed by atoms with E-state index < -0.39 is 11.4 Å². The van der Waals surface area contributed by atoms with Crippen LogP contribution in [0.4, 0.5) is 15.8 Å². The van der Waals surface area contributed by atoms with Gasteiger partial charge in [-0.15, -0.1) is 0 Å². The number of fused-ring (bicyclic) bond motifs is 1. The summed E-state index contributed by atoms with van der Waals surface area (Å²) in [5.41, 5.74) is 3.72. The number of carbonyl (C=O) groups is 2. The molecule has 0 atom stereocenters. The zero-order chi connectivity index (χ0) is 30.0. The minimum atomic E-state index is -0.790. The third-order valence-electron chi connectivity index (χ3n) is 8.30. The zero-order valence-electron chi connectivity index (χ0n) is 25.0. The molecule has 0 unspecified atom stereocenters. The van der Waals surface area contributed by atoms with Crippen molar-refractivity contribution in [1.29, 1.82) is 0 Å². The van der Waals surface area contributed by atoms with Gasteiger partial charge in [-0.25, -0.2) is 4.39 Å². The van der Waals surface area contributed by atoms with E-state index in [9.17, 15) is 14.0 Å². The molecule has 1 aliphatic heterocycles. The van der Waals surface area contributed by atoms with Crippen LogP contribution in [0.1, 0.15) is 63.5 Å². The molecule has 0 radical (unpaired) electrons.